The van der Waals surface area contributed by atoms with Crippen LogP contribution in [0, 0.1) is 0 Å². The minimum atomic E-state index is -0.131. The number of furan rings is 1. The standard InChI is InChI=1S/C22H26N4O3/c1-28-16-22(27)23-13-19-12-20-15-25(8-4-9-26(20)24-19)14-17-5-2-6-18(11-17)21-7-3-10-29-21/h2-3,5-7,10-12H,4,8-9,13-16H2,1H3,(H,23,27). The Labute approximate surface area is 170 Å². The van der Waals surface area contributed by atoms with Crippen molar-refractivity contribution >= 4 is 5.91 Å². The fourth-order valence-corrected chi connectivity index (χ4v) is 3.70. The summed E-state index contributed by atoms with van der Waals surface area (Å²) >= 11 is 0. The molecule has 3 heterocycles. The number of hydrogen-bond acceptors (Lipinski definition) is 5. The van der Waals surface area contributed by atoms with Crippen LogP contribution in [0.3, 0.4) is 0 Å². The van der Waals surface area contributed by atoms with Crippen LogP contribution in [0.2, 0.25) is 0 Å². The van der Waals surface area contributed by atoms with Gasteiger partial charge in [0.1, 0.15) is 12.4 Å². The maximum Gasteiger partial charge on any atom is 0.246 e. The molecule has 1 aliphatic rings. The monoisotopic (exact) mass is 394 g/mol. The fourth-order valence-electron chi connectivity index (χ4n) is 3.70. The van der Waals surface area contributed by atoms with Crippen LogP contribution in [0.25, 0.3) is 11.3 Å². The molecule has 4 rings (SSSR count). The molecular formula is C22H26N4O3. The summed E-state index contributed by atoms with van der Waals surface area (Å²) in [6.45, 7) is 4.12. The average molecular weight is 394 g/mol. The second-order valence-electron chi connectivity index (χ2n) is 7.30. The lowest BCUT2D eigenvalue weighted by Crippen LogP contribution is -2.26. The molecule has 3 aromatic rings. The van der Waals surface area contributed by atoms with E-state index >= 15 is 0 Å². The summed E-state index contributed by atoms with van der Waals surface area (Å²) in [4.78, 5) is 14.0. The molecule has 29 heavy (non-hydrogen) atoms. The number of ether oxygens (including phenoxy) is 1. The van der Waals surface area contributed by atoms with Crippen LogP contribution in [0.4, 0.5) is 0 Å². The normalized spacial score (nSPS) is 14.4. The predicted octanol–water partition coefficient (Wildman–Crippen LogP) is 2.81. The van der Waals surface area contributed by atoms with Gasteiger partial charge in [-0.15, -0.1) is 0 Å². The Morgan fingerprint density at radius 1 is 1.24 bits per heavy atom. The lowest BCUT2D eigenvalue weighted by molar-refractivity contribution is -0.124. The number of nitrogens with one attached hydrogen (secondary N) is 1. The SMILES string of the molecule is COCC(=O)NCc1cc2n(n1)CCCN(Cc1cccc(-c3ccco3)c1)C2. The topological polar surface area (TPSA) is 72.5 Å². The first kappa shape index (κ1) is 19.4. The first-order valence-corrected chi connectivity index (χ1v) is 9.87. The van der Waals surface area contributed by atoms with Crippen LogP contribution in [-0.4, -0.2) is 40.8 Å². The lowest BCUT2D eigenvalue weighted by atomic mass is 10.1. The molecule has 0 unspecified atom stereocenters. The molecule has 1 aliphatic heterocycles. The minimum Gasteiger partial charge on any atom is -0.464 e. The minimum absolute atomic E-state index is 0.0679. The highest BCUT2D eigenvalue weighted by molar-refractivity contribution is 5.77. The van der Waals surface area contributed by atoms with Crippen molar-refractivity contribution in [3.63, 3.8) is 0 Å². The van der Waals surface area contributed by atoms with Gasteiger partial charge in [-0.25, -0.2) is 0 Å². The van der Waals surface area contributed by atoms with Gasteiger partial charge in [0.05, 0.1) is 24.2 Å². The summed E-state index contributed by atoms with van der Waals surface area (Å²) < 4.78 is 12.4. The number of carbonyl (C=O) groups excluding carboxylic acids is 1. The molecule has 0 spiro atoms. The van der Waals surface area contributed by atoms with Crippen molar-refractivity contribution in [1.82, 2.24) is 20.0 Å². The summed E-state index contributed by atoms with van der Waals surface area (Å²) in [5.74, 6) is 0.759. The molecule has 0 saturated carbocycles. The molecule has 0 radical (unpaired) electrons. The van der Waals surface area contributed by atoms with Crippen LogP contribution in [0.5, 0.6) is 0 Å². The number of fused-ring (bicyclic) bond motifs is 1. The maximum atomic E-state index is 11.6. The van der Waals surface area contributed by atoms with Gasteiger partial charge < -0.3 is 14.5 Å². The zero-order valence-electron chi connectivity index (χ0n) is 16.6. The molecule has 0 fully saturated rings. The van der Waals surface area contributed by atoms with Crippen molar-refractivity contribution in [3.8, 4) is 11.3 Å². The summed E-state index contributed by atoms with van der Waals surface area (Å²) in [5, 5.41) is 7.49. The van der Waals surface area contributed by atoms with Gasteiger partial charge >= 0.3 is 0 Å². The van der Waals surface area contributed by atoms with Crippen molar-refractivity contribution < 1.29 is 13.9 Å². The van der Waals surface area contributed by atoms with E-state index in [4.69, 9.17) is 9.15 Å². The Hall–Kier alpha value is -2.90. The van der Waals surface area contributed by atoms with Gasteiger partial charge in [0, 0.05) is 38.9 Å². The van der Waals surface area contributed by atoms with Crippen LogP contribution < -0.4 is 5.32 Å². The fraction of sp³-hybridized carbons (Fsp3) is 0.364. The van der Waals surface area contributed by atoms with Gasteiger partial charge in [0.15, 0.2) is 0 Å². The molecule has 2 aromatic heterocycles. The van der Waals surface area contributed by atoms with E-state index in [1.165, 1.54) is 18.4 Å². The molecule has 7 heteroatoms. The van der Waals surface area contributed by atoms with E-state index in [0.29, 0.717) is 6.54 Å². The number of rotatable bonds is 7. The number of benzene rings is 1. The van der Waals surface area contributed by atoms with E-state index in [1.54, 1.807) is 6.26 Å². The maximum absolute atomic E-state index is 11.6. The number of carbonyl (C=O) groups is 1. The molecule has 1 aromatic carbocycles. The van der Waals surface area contributed by atoms with Crippen LogP contribution in [0.15, 0.2) is 53.1 Å². The number of methoxy groups -OCH3 is 1. The Bertz CT molecular complexity index is 949. The molecule has 0 atom stereocenters. The number of nitrogens with zero attached hydrogens (tertiary/aromatic N) is 3. The Kier molecular flexibility index (Phi) is 6.07. The van der Waals surface area contributed by atoms with Gasteiger partial charge in [-0.1, -0.05) is 18.2 Å². The summed E-state index contributed by atoms with van der Waals surface area (Å²) in [6, 6.07) is 14.5. The van der Waals surface area contributed by atoms with Crippen molar-refractivity contribution in [2.45, 2.75) is 32.6 Å². The number of aromatic nitrogens is 2. The van der Waals surface area contributed by atoms with Crippen molar-refractivity contribution in [2.24, 2.45) is 0 Å². The molecule has 0 aliphatic carbocycles. The molecule has 1 amide bonds. The van der Waals surface area contributed by atoms with E-state index in [1.807, 2.05) is 12.1 Å². The van der Waals surface area contributed by atoms with E-state index in [0.717, 1.165) is 49.6 Å². The van der Waals surface area contributed by atoms with Crippen molar-refractivity contribution in [1.29, 1.82) is 0 Å². The first-order chi connectivity index (χ1) is 14.2. The Balaban J connectivity index is 1.41. The smallest absolute Gasteiger partial charge is 0.246 e. The van der Waals surface area contributed by atoms with E-state index in [9.17, 15) is 4.79 Å². The molecular weight excluding hydrogens is 368 g/mol. The molecule has 1 N–H and O–H groups in total. The van der Waals surface area contributed by atoms with E-state index < -0.39 is 0 Å². The number of hydrogen-bond donors (Lipinski definition) is 1. The van der Waals surface area contributed by atoms with E-state index in [2.05, 4.69) is 50.3 Å². The molecule has 7 nitrogen and oxygen atoms in total. The van der Waals surface area contributed by atoms with Crippen molar-refractivity contribution in [3.05, 3.63) is 65.7 Å². The Morgan fingerprint density at radius 2 is 2.17 bits per heavy atom. The second kappa shape index (κ2) is 9.07. The summed E-state index contributed by atoms with van der Waals surface area (Å²) in [5.41, 5.74) is 4.42. The number of aryl methyl sites for hydroxylation is 1. The molecule has 152 valence electrons. The quantitative estimate of drug-likeness (QED) is 0.667. The van der Waals surface area contributed by atoms with Crippen LogP contribution >= 0.6 is 0 Å². The van der Waals surface area contributed by atoms with Crippen LogP contribution in [0.1, 0.15) is 23.4 Å². The third-order valence-electron chi connectivity index (χ3n) is 5.02. The third-order valence-corrected chi connectivity index (χ3v) is 5.02. The van der Waals surface area contributed by atoms with Gasteiger partial charge in [-0.2, -0.15) is 5.10 Å². The Morgan fingerprint density at radius 3 is 3.00 bits per heavy atom. The van der Waals surface area contributed by atoms with Crippen LogP contribution in [-0.2, 0) is 35.7 Å². The highest BCUT2D eigenvalue weighted by Gasteiger charge is 2.17. The third kappa shape index (κ3) is 4.93. The second-order valence-corrected chi connectivity index (χ2v) is 7.30. The number of amides is 1. The summed E-state index contributed by atoms with van der Waals surface area (Å²) in [6.07, 6.45) is 2.75. The largest absolute Gasteiger partial charge is 0.464 e. The van der Waals surface area contributed by atoms with Gasteiger partial charge in [0.2, 0.25) is 5.91 Å². The van der Waals surface area contributed by atoms with Gasteiger partial charge in [-0.3, -0.25) is 14.4 Å². The predicted molar refractivity (Wildman–Crippen MR) is 109 cm³/mol. The lowest BCUT2D eigenvalue weighted by Gasteiger charge is -2.19. The van der Waals surface area contributed by atoms with Gasteiger partial charge in [-0.05, 0) is 36.2 Å². The van der Waals surface area contributed by atoms with Gasteiger partial charge in [0.25, 0.3) is 0 Å². The highest BCUT2D eigenvalue weighted by atomic mass is 16.5. The molecule has 0 saturated heterocycles. The highest BCUT2D eigenvalue weighted by Crippen LogP contribution is 2.22. The average Bonchev–Trinajstić information content (AvgIpc) is 3.34. The first-order valence-electron chi connectivity index (χ1n) is 9.87. The summed E-state index contributed by atoms with van der Waals surface area (Å²) in [7, 11) is 1.51. The zero-order valence-corrected chi connectivity index (χ0v) is 16.6. The molecule has 0 bridgehead atoms. The van der Waals surface area contributed by atoms with E-state index in [-0.39, 0.29) is 12.5 Å². The zero-order chi connectivity index (χ0) is 20.1. The van der Waals surface area contributed by atoms with Crippen molar-refractivity contribution in [2.75, 3.05) is 20.3 Å².